The quantitative estimate of drug-likeness (QED) is 0.491. The summed E-state index contributed by atoms with van der Waals surface area (Å²) in [7, 11) is 0. The maximum atomic E-state index is 12.2. The molecule has 1 N–H and O–H groups in total. The van der Waals surface area contributed by atoms with Crippen LogP contribution in [-0.4, -0.2) is 38.9 Å². The van der Waals surface area contributed by atoms with Crippen molar-refractivity contribution in [2.75, 3.05) is 0 Å². The number of hydrogen-bond donors (Lipinski definition) is 1. The number of halogens is 1. The first kappa shape index (κ1) is 14.3. The van der Waals surface area contributed by atoms with Crippen molar-refractivity contribution >= 4 is 28.6 Å². The van der Waals surface area contributed by atoms with Gasteiger partial charge in [-0.1, -0.05) is 47.7 Å². The number of alkyl halides is 1. The van der Waals surface area contributed by atoms with Crippen LogP contribution in [0.5, 0.6) is 0 Å². The summed E-state index contributed by atoms with van der Waals surface area (Å²) < 4.78 is 11.8. The number of aliphatic hydroxyl groups is 1. The van der Waals surface area contributed by atoms with E-state index >= 15 is 0 Å². The lowest BCUT2D eigenvalue weighted by atomic mass is 9.82. The van der Waals surface area contributed by atoms with E-state index in [9.17, 15) is 9.90 Å². The molecule has 0 saturated carbocycles. The van der Waals surface area contributed by atoms with Crippen molar-refractivity contribution in [2.24, 2.45) is 0 Å². The second-order valence-corrected chi connectivity index (χ2v) is 7.36. The van der Waals surface area contributed by atoms with E-state index < -0.39 is 11.7 Å². The fraction of sp³-hybridized carbons (Fsp3) is 0.533. The van der Waals surface area contributed by atoms with Crippen LogP contribution in [0.1, 0.15) is 30.1 Å². The van der Waals surface area contributed by atoms with Gasteiger partial charge in [-0.2, -0.15) is 0 Å². The number of hydrogen-bond acceptors (Lipinski definition) is 4. The highest BCUT2D eigenvalue weighted by Gasteiger charge is 2.61. The van der Waals surface area contributed by atoms with Crippen LogP contribution in [-0.2, 0) is 9.47 Å². The molecule has 2 fully saturated rings. The largest absolute Gasteiger partial charge is 0.456 e. The van der Waals surface area contributed by atoms with Crippen molar-refractivity contribution in [3.63, 3.8) is 0 Å². The topological polar surface area (TPSA) is 55.8 Å². The summed E-state index contributed by atoms with van der Waals surface area (Å²) in [6.07, 6.45) is 0.178. The Kier molecular flexibility index (Phi) is 3.77. The van der Waals surface area contributed by atoms with E-state index in [1.165, 1.54) is 0 Å². The van der Waals surface area contributed by atoms with Gasteiger partial charge in [-0.15, -0.1) is 0 Å². The van der Waals surface area contributed by atoms with Crippen LogP contribution in [0.25, 0.3) is 0 Å². The first-order valence-corrected chi connectivity index (χ1v) is 8.03. The van der Waals surface area contributed by atoms with E-state index in [0.29, 0.717) is 18.4 Å². The molecule has 0 radical (unpaired) electrons. The molecule has 0 amide bonds. The molecule has 2 bridgehead atoms. The third kappa shape index (κ3) is 2.25. The molecule has 0 unspecified atom stereocenters. The Bertz CT molecular complexity index is 500. The second-order valence-electron chi connectivity index (χ2n) is 5.49. The van der Waals surface area contributed by atoms with E-state index in [0.717, 1.165) is 0 Å². The number of benzene rings is 1. The number of rotatable bonds is 3. The van der Waals surface area contributed by atoms with Gasteiger partial charge in [0.1, 0.15) is 11.7 Å². The zero-order chi connectivity index (χ0) is 14.3. The van der Waals surface area contributed by atoms with Gasteiger partial charge in [0.05, 0.1) is 17.8 Å². The van der Waals surface area contributed by atoms with Crippen LogP contribution < -0.4 is 0 Å². The van der Waals surface area contributed by atoms with Crippen LogP contribution >= 0.6 is 22.6 Å². The van der Waals surface area contributed by atoms with Crippen LogP contribution in [0.3, 0.4) is 0 Å². The van der Waals surface area contributed by atoms with Gasteiger partial charge >= 0.3 is 5.97 Å². The molecule has 0 aliphatic carbocycles. The van der Waals surface area contributed by atoms with Crippen LogP contribution in [0.15, 0.2) is 30.3 Å². The van der Waals surface area contributed by atoms with Gasteiger partial charge in [-0.3, -0.25) is 0 Å². The average Bonchev–Trinajstić information content (AvgIpc) is 2.95. The molecule has 0 aromatic heterocycles. The van der Waals surface area contributed by atoms with Gasteiger partial charge in [0.15, 0.2) is 0 Å². The lowest BCUT2D eigenvalue weighted by molar-refractivity contribution is -0.0530. The first-order chi connectivity index (χ1) is 9.53. The predicted octanol–water partition coefficient (Wildman–Crippen LogP) is 2.33. The Labute approximate surface area is 131 Å². The van der Waals surface area contributed by atoms with Crippen LogP contribution in [0, 0.1) is 0 Å². The van der Waals surface area contributed by atoms with Crippen molar-refractivity contribution in [1.29, 1.82) is 0 Å². The highest BCUT2D eigenvalue weighted by Crippen LogP contribution is 2.49. The molecule has 1 aromatic carbocycles. The fourth-order valence-electron chi connectivity index (χ4n) is 3.12. The minimum atomic E-state index is -0.547. The number of carbonyl (C=O) groups is 1. The molecular formula is C15H17IO4. The molecular weight excluding hydrogens is 371 g/mol. The van der Waals surface area contributed by atoms with Crippen molar-refractivity contribution in [1.82, 2.24) is 0 Å². The van der Waals surface area contributed by atoms with E-state index in [1.807, 2.05) is 25.1 Å². The predicted molar refractivity (Wildman–Crippen MR) is 82.0 cm³/mol. The van der Waals surface area contributed by atoms with Crippen molar-refractivity contribution in [3.8, 4) is 0 Å². The second kappa shape index (κ2) is 5.27. The van der Waals surface area contributed by atoms with Crippen LogP contribution in [0.4, 0.5) is 0 Å². The third-order valence-electron chi connectivity index (χ3n) is 4.25. The van der Waals surface area contributed by atoms with E-state index in [4.69, 9.17) is 9.47 Å². The summed E-state index contributed by atoms with van der Waals surface area (Å²) in [6.45, 7) is 2.03. The van der Waals surface area contributed by atoms with Crippen molar-refractivity contribution < 1.29 is 19.4 Å². The van der Waals surface area contributed by atoms with Gasteiger partial charge in [-0.05, 0) is 12.1 Å². The third-order valence-corrected chi connectivity index (χ3v) is 5.31. The molecule has 2 saturated heterocycles. The normalized spacial score (nSPS) is 36.9. The minimum absolute atomic E-state index is 0.163. The Balaban J connectivity index is 1.77. The van der Waals surface area contributed by atoms with Gasteiger partial charge in [0, 0.05) is 16.8 Å². The molecule has 5 heteroatoms. The van der Waals surface area contributed by atoms with Crippen molar-refractivity contribution in [3.05, 3.63) is 35.9 Å². The molecule has 2 aliphatic rings. The highest BCUT2D eigenvalue weighted by atomic mass is 127. The Morgan fingerprint density at radius 2 is 2.20 bits per heavy atom. The van der Waals surface area contributed by atoms with E-state index in [-0.39, 0.29) is 22.1 Å². The monoisotopic (exact) mass is 388 g/mol. The number of esters is 1. The fourth-order valence-corrected chi connectivity index (χ4v) is 3.92. The maximum absolute atomic E-state index is 12.2. The molecule has 1 aromatic rings. The first-order valence-electron chi connectivity index (χ1n) is 6.79. The van der Waals surface area contributed by atoms with Crippen molar-refractivity contribution in [2.45, 2.75) is 47.6 Å². The Morgan fingerprint density at radius 3 is 2.80 bits per heavy atom. The molecule has 5 atom stereocenters. The zero-order valence-corrected chi connectivity index (χ0v) is 13.3. The minimum Gasteiger partial charge on any atom is -0.456 e. The molecule has 4 nitrogen and oxygen atoms in total. The summed E-state index contributed by atoms with van der Waals surface area (Å²) in [5, 5.41) is 9.93. The summed E-state index contributed by atoms with van der Waals surface area (Å²) in [6, 6.07) is 8.97. The number of aliphatic hydroxyl groups excluding tert-OH is 1. The maximum Gasteiger partial charge on any atom is 0.338 e. The lowest BCUT2D eigenvalue weighted by Crippen LogP contribution is -2.49. The summed E-state index contributed by atoms with van der Waals surface area (Å²) in [5.74, 6) is -0.322. The number of ether oxygens (including phenoxy) is 2. The van der Waals surface area contributed by atoms with E-state index in [1.54, 1.807) is 12.1 Å². The smallest absolute Gasteiger partial charge is 0.338 e. The Hall–Kier alpha value is -0.660. The Morgan fingerprint density at radius 1 is 1.50 bits per heavy atom. The summed E-state index contributed by atoms with van der Waals surface area (Å²) in [5.41, 5.74) is 0.00168. The number of fused-ring (bicyclic) bond motifs is 2. The SMILES string of the molecule is C[C@H](I)[C@@]12C[C@H](O)[C@@H](C[C@H]1OC(=O)c1ccccc1)O2. The van der Waals surface area contributed by atoms with E-state index in [2.05, 4.69) is 22.6 Å². The number of carbonyl (C=O) groups excluding carboxylic acids is 1. The zero-order valence-electron chi connectivity index (χ0n) is 11.2. The molecule has 0 spiro atoms. The summed E-state index contributed by atoms with van der Waals surface area (Å²) >= 11 is 2.28. The van der Waals surface area contributed by atoms with Crippen LogP contribution in [0.2, 0.25) is 0 Å². The van der Waals surface area contributed by atoms with Gasteiger partial charge < -0.3 is 14.6 Å². The summed E-state index contributed by atoms with van der Waals surface area (Å²) in [4.78, 5) is 12.2. The van der Waals surface area contributed by atoms with Gasteiger partial charge in [0.25, 0.3) is 0 Å². The molecule has 20 heavy (non-hydrogen) atoms. The average molecular weight is 388 g/mol. The molecule has 2 aliphatic heterocycles. The highest BCUT2D eigenvalue weighted by molar-refractivity contribution is 14.1. The lowest BCUT2D eigenvalue weighted by Gasteiger charge is -2.35. The van der Waals surface area contributed by atoms with Gasteiger partial charge in [-0.25, -0.2) is 4.79 Å². The standard InChI is InChI=1S/C15H17IO4/c1-9(16)15-8-11(17)12(20-15)7-13(15)19-14(18)10-5-3-2-4-6-10/h2-6,9,11-13,17H,7-8H2,1H3/t9-,11-,12+,13+,15-/m0/s1. The molecule has 3 rings (SSSR count). The molecule has 2 heterocycles. The van der Waals surface area contributed by atoms with Gasteiger partial charge in [0.2, 0.25) is 0 Å². The molecule has 108 valence electrons.